The molecule has 0 saturated carbocycles. The van der Waals surface area contributed by atoms with Crippen molar-refractivity contribution in [3.8, 4) is 67.3 Å². The Morgan fingerprint density at radius 1 is 0.295 bits per heavy atom. The van der Waals surface area contributed by atoms with Crippen molar-refractivity contribution in [2.75, 3.05) is 0 Å². The summed E-state index contributed by atoms with van der Waals surface area (Å²) >= 11 is 0. The zero-order valence-corrected chi connectivity index (χ0v) is 24.9. The second-order valence-corrected chi connectivity index (χ2v) is 11.2. The highest BCUT2D eigenvalue weighted by atomic mass is 14.7. The second kappa shape index (κ2) is 11.9. The van der Waals surface area contributed by atoms with Gasteiger partial charge in [-0.05, 0) is 77.6 Å². The number of pyridine rings is 2. The summed E-state index contributed by atoms with van der Waals surface area (Å²) in [5, 5.41) is 0. The predicted octanol–water partition coefficient (Wildman–Crippen LogP) is 11.1. The van der Waals surface area contributed by atoms with E-state index in [1.54, 1.807) is 0 Å². The van der Waals surface area contributed by atoms with E-state index < -0.39 is 0 Å². The molecule has 0 amide bonds. The first-order valence-electron chi connectivity index (χ1n) is 15.0. The largest absolute Gasteiger partial charge is 0.248 e. The normalized spacial score (nSPS) is 11.0. The van der Waals surface area contributed by atoms with Gasteiger partial charge in [0.1, 0.15) is 0 Å². The number of hydrogen-bond donors (Lipinski definition) is 0. The van der Waals surface area contributed by atoms with E-state index in [9.17, 15) is 0 Å². The second-order valence-electron chi connectivity index (χ2n) is 11.2. The molecular weight excluding hydrogens is 532 g/mol. The van der Waals surface area contributed by atoms with Gasteiger partial charge in [0, 0.05) is 22.3 Å². The molecule has 2 heteroatoms. The van der Waals surface area contributed by atoms with Gasteiger partial charge in [0.05, 0.1) is 22.8 Å². The van der Waals surface area contributed by atoms with Crippen LogP contribution in [0.1, 0.15) is 11.1 Å². The summed E-state index contributed by atoms with van der Waals surface area (Å²) in [6.07, 6.45) is 0. The Labute approximate surface area is 259 Å². The van der Waals surface area contributed by atoms with Crippen molar-refractivity contribution in [3.05, 3.63) is 169 Å². The summed E-state index contributed by atoms with van der Waals surface area (Å²) in [5.74, 6) is 0. The lowest BCUT2D eigenvalue weighted by Crippen LogP contribution is -1.94. The number of benzene rings is 5. The minimum absolute atomic E-state index is 0.962. The standard InChI is InChI=1S/C42H32N2/c1-29-14-9-11-22-37(29)41-27-35(25-39(43-41)31-16-5-3-6-17-31)33-20-13-21-34(24-33)36-26-40(32-18-7-4-8-19-32)44-42(28-36)38-23-12-10-15-30(38)2/h3-28H,1-2H3. The van der Waals surface area contributed by atoms with E-state index in [1.807, 2.05) is 12.1 Å². The fraction of sp³-hybridized carbons (Fsp3) is 0.0476. The van der Waals surface area contributed by atoms with Gasteiger partial charge in [-0.25, -0.2) is 9.97 Å². The number of hydrogen-bond acceptors (Lipinski definition) is 2. The average molecular weight is 565 g/mol. The first-order chi connectivity index (χ1) is 21.6. The minimum atomic E-state index is 0.962. The first kappa shape index (κ1) is 27.2. The molecule has 0 unspecified atom stereocenters. The summed E-state index contributed by atoms with van der Waals surface area (Å²) in [4.78, 5) is 10.3. The van der Waals surface area contributed by atoms with Gasteiger partial charge in [-0.1, -0.05) is 127 Å². The summed E-state index contributed by atoms with van der Waals surface area (Å²) < 4.78 is 0. The third-order valence-corrected chi connectivity index (χ3v) is 8.16. The molecule has 0 aliphatic carbocycles. The van der Waals surface area contributed by atoms with E-state index in [0.717, 1.165) is 67.3 Å². The van der Waals surface area contributed by atoms with Gasteiger partial charge in [-0.3, -0.25) is 0 Å². The molecule has 2 aromatic heterocycles. The molecule has 7 aromatic rings. The van der Waals surface area contributed by atoms with Crippen LogP contribution in [0.4, 0.5) is 0 Å². The maximum absolute atomic E-state index is 5.13. The zero-order chi connectivity index (χ0) is 29.9. The molecule has 0 fully saturated rings. The molecule has 0 N–H and O–H groups in total. The van der Waals surface area contributed by atoms with Crippen LogP contribution in [0.5, 0.6) is 0 Å². The van der Waals surface area contributed by atoms with E-state index in [-0.39, 0.29) is 0 Å². The van der Waals surface area contributed by atoms with Gasteiger partial charge in [0.15, 0.2) is 0 Å². The maximum Gasteiger partial charge on any atom is 0.0718 e. The smallest absolute Gasteiger partial charge is 0.0718 e. The van der Waals surface area contributed by atoms with Gasteiger partial charge < -0.3 is 0 Å². The molecule has 0 aliphatic heterocycles. The van der Waals surface area contributed by atoms with Crippen LogP contribution in [0, 0.1) is 13.8 Å². The van der Waals surface area contributed by atoms with Crippen molar-refractivity contribution in [1.29, 1.82) is 0 Å². The van der Waals surface area contributed by atoms with Crippen LogP contribution in [-0.2, 0) is 0 Å². The molecule has 0 aliphatic rings. The third kappa shape index (κ3) is 5.58. The molecule has 0 atom stereocenters. The number of rotatable bonds is 6. The molecular formula is C42H32N2. The van der Waals surface area contributed by atoms with Gasteiger partial charge in [-0.15, -0.1) is 0 Å². The van der Waals surface area contributed by atoms with Crippen molar-refractivity contribution in [2.24, 2.45) is 0 Å². The molecule has 2 nitrogen and oxygen atoms in total. The molecule has 44 heavy (non-hydrogen) atoms. The summed E-state index contributed by atoms with van der Waals surface area (Å²) in [6, 6.07) is 55.4. The monoisotopic (exact) mass is 564 g/mol. The third-order valence-electron chi connectivity index (χ3n) is 8.16. The Bertz CT molecular complexity index is 1930. The van der Waals surface area contributed by atoms with Crippen LogP contribution in [0.3, 0.4) is 0 Å². The Balaban J connectivity index is 1.39. The number of nitrogens with zero attached hydrogens (tertiary/aromatic N) is 2. The Hall–Kier alpha value is -5.60. The van der Waals surface area contributed by atoms with Crippen LogP contribution in [0.2, 0.25) is 0 Å². The lowest BCUT2D eigenvalue weighted by molar-refractivity contribution is 1.30. The Morgan fingerprint density at radius 3 is 1.09 bits per heavy atom. The summed E-state index contributed by atoms with van der Waals surface area (Å²) in [7, 11) is 0. The highest BCUT2D eigenvalue weighted by molar-refractivity contribution is 5.82. The lowest BCUT2D eigenvalue weighted by Gasteiger charge is -2.14. The SMILES string of the molecule is Cc1ccccc1-c1cc(-c2cccc(-c3cc(-c4ccccc4)nc(-c4ccccc4C)c3)c2)cc(-c2ccccc2)n1. The van der Waals surface area contributed by atoms with Crippen LogP contribution in [0.15, 0.2) is 158 Å². The molecule has 7 rings (SSSR count). The number of aromatic nitrogens is 2. The van der Waals surface area contributed by atoms with Crippen molar-refractivity contribution in [1.82, 2.24) is 9.97 Å². The quantitative estimate of drug-likeness (QED) is 0.201. The molecule has 0 spiro atoms. The van der Waals surface area contributed by atoms with Crippen LogP contribution in [-0.4, -0.2) is 9.97 Å². The summed E-state index contributed by atoms with van der Waals surface area (Å²) in [5.41, 5.74) is 15.3. The van der Waals surface area contributed by atoms with E-state index >= 15 is 0 Å². The van der Waals surface area contributed by atoms with E-state index in [1.165, 1.54) is 11.1 Å². The van der Waals surface area contributed by atoms with Gasteiger partial charge in [0.25, 0.3) is 0 Å². The van der Waals surface area contributed by atoms with E-state index in [2.05, 4.69) is 159 Å². The fourth-order valence-corrected chi connectivity index (χ4v) is 5.78. The highest BCUT2D eigenvalue weighted by Crippen LogP contribution is 2.35. The average Bonchev–Trinajstić information content (AvgIpc) is 3.09. The highest BCUT2D eigenvalue weighted by Gasteiger charge is 2.13. The zero-order valence-electron chi connectivity index (χ0n) is 24.9. The molecule has 5 aromatic carbocycles. The predicted molar refractivity (Wildman–Crippen MR) is 184 cm³/mol. The van der Waals surface area contributed by atoms with Gasteiger partial charge >= 0.3 is 0 Å². The molecule has 0 radical (unpaired) electrons. The summed E-state index contributed by atoms with van der Waals surface area (Å²) in [6.45, 7) is 4.29. The molecule has 2 heterocycles. The lowest BCUT2D eigenvalue weighted by atomic mass is 9.94. The number of aryl methyl sites for hydroxylation is 2. The van der Waals surface area contributed by atoms with E-state index in [0.29, 0.717) is 0 Å². The van der Waals surface area contributed by atoms with Gasteiger partial charge in [0.2, 0.25) is 0 Å². The minimum Gasteiger partial charge on any atom is -0.248 e. The van der Waals surface area contributed by atoms with Crippen LogP contribution >= 0.6 is 0 Å². The maximum atomic E-state index is 5.13. The molecule has 0 saturated heterocycles. The van der Waals surface area contributed by atoms with Crippen LogP contribution in [0.25, 0.3) is 67.3 Å². The van der Waals surface area contributed by atoms with Crippen molar-refractivity contribution >= 4 is 0 Å². The molecule has 0 bridgehead atoms. The fourth-order valence-electron chi connectivity index (χ4n) is 5.78. The van der Waals surface area contributed by atoms with Crippen molar-refractivity contribution < 1.29 is 0 Å². The van der Waals surface area contributed by atoms with E-state index in [4.69, 9.17) is 9.97 Å². The topological polar surface area (TPSA) is 25.8 Å². The van der Waals surface area contributed by atoms with Crippen molar-refractivity contribution in [2.45, 2.75) is 13.8 Å². The molecule has 210 valence electrons. The first-order valence-corrected chi connectivity index (χ1v) is 15.0. The Morgan fingerprint density at radius 2 is 0.659 bits per heavy atom. The van der Waals surface area contributed by atoms with Crippen LogP contribution < -0.4 is 0 Å². The van der Waals surface area contributed by atoms with Gasteiger partial charge in [-0.2, -0.15) is 0 Å². The Kier molecular flexibility index (Phi) is 7.40. The van der Waals surface area contributed by atoms with Crippen molar-refractivity contribution in [3.63, 3.8) is 0 Å².